The molecule has 0 amide bonds. The lowest BCUT2D eigenvalue weighted by atomic mass is 9.81. The molecule has 0 saturated heterocycles. The van der Waals surface area contributed by atoms with Gasteiger partial charge in [-0.1, -0.05) is 0 Å². The third-order valence-electron chi connectivity index (χ3n) is 3.73. The van der Waals surface area contributed by atoms with Gasteiger partial charge in [0, 0.05) is 25.7 Å². The maximum absolute atomic E-state index is 8.83. The van der Waals surface area contributed by atoms with Gasteiger partial charge < -0.3 is 0 Å². The minimum absolute atomic E-state index is 0.109. The van der Waals surface area contributed by atoms with Crippen LogP contribution in [0.3, 0.4) is 0 Å². The Kier molecular flexibility index (Phi) is 5.00. The van der Waals surface area contributed by atoms with Crippen molar-refractivity contribution in [3.05, 3.63) is 0 Å². The van der Waals surface area contributed by atoms with Gasteiger partial charge in [0.05, 0.1) is 24.3 Å². The van der Waals surface area contributed by atoms with Crippen molar-refractivity contribution in [2.24, 2.45) is 23.7 Å². The summed E-state index contributed by atoms with van der Waals surface area (Å²) >= 11 is 0. The highest BCUT2D eigenvalue weighted by Crippen LogP contribution is 2.47. The van der Waals surface area contributed by atoms with Gasteiger partial charge in [0.2, 0.25) is 0 Å². The van der Waals surface area contributed by atoms with E-state index < -0.39 is 0 Å². The largest absolute Gasteiger partial charge is 0.198 e. The minimum atomic E-state index is 0.109. The van der Waals surface area contributed by atoms with E-state index in [9.17, 15) is 0 Å². The first-order valence-corrected chi connectivity index (χ1v) is 5.76. The van der Waals surface area contributed by atoms with Crippen LogP contribution in [0, 0.1) is 69.0 Å². The molecule has 4 atom stereocenters. The molecule has 1 fully saturated rings. The normalized spacial score (nSPS) is 30.8. The van der Waals surface area contributed by atoms with Gasteiger partial charge in [0.1, 0.15) is 0 Å². The summed E-state index contributed by atoms with van der Waals surface area (Å²) in [7, 11) is 0. The lowest BCUT2D eigenvalue weighted by Crippen LogP contribution is -2.17. The highest BCUT2D eigenvalue weighted by atomic mass is 14.5. The van der Waals surface area contributed by atoms with Gasteiger partial charge in [-0.3, -0.25) is 0 Å². The van der Waals surface area contributed by atoms with E-state index in [-0.39, 0.29) is 23.7 Å². The average Bonchev–Trinajstić information content (AvgIpc) is 2.61. The van der Waals surface area contributed by atoms with E-state index in [2.05, 4.69) is 24.3 Å². The van der Waals surface area contributed by atoms with E-state index in [1.54, 1.807) is 0 Å². The Morgan fingerprint density at radius 2 is 1.00 bits per heavy atom. The SMILES string of the molecule is N#CCC1CC(CC#N)C(CC#N)C1CC#N. The zero-order chi connectivity index (χ0) is 12.7. The minimum Gasteiger partial charge on any atom is -0.198 e. The van der Waals surface area contributed by atoms with E-state index >= 15 is 0 Å². The first-order valence-electron chi connectivity index (χ1n) is 5.76. The number of nitrogens with zero attached hydrogens (tertiary/aromatic N) is 4. The molecule has 17 heavy (non-hydrogen) atoms. The van der Waals surface area contributed by atoms with Crippen LogP contribution < -0.4 is 0 Å². The molecule has 0 radical (unpaired) electrons. The average molecular weight is 226 g/mol. The Morgan fingerprint density at radius 3 is 1.29 bits per heavy atom. The fraction of sp³-hybridized carbons (Fsp3) is 0.692. The summed E-state index contributed by atoms with van der Waals surface area (Å²) in [6, 6.07) is 8.59. The van der Waals surface area contributed by atoms with Gasteiger partial charge in [-0.2, -0.15) is 21.0 Å². The monoisotopic (exact) mass is 226 g/mol. The van der Waals surface area contributed by atoms with Gasteiger partial charge >= 0.3 is 0 Å². The van der Waals surface area contributed by atoms with E-state index in [4.69, 9.17) is 21.0 Å². The molecule has 4 unspecified atom stereocenters. The Bertz CT molecular complexity index is 375. The molecule has 0 aromatic heterocycles. The fourth-order valence-electron chi connectivity index (χ4n) is 2.99. The van der Waals surface area contributed by atoms with Crippen LogP contribution in [0.1, 0.15) is 32.1 Å². The fourth-order valence-corrected chi connectivity index (χ4v) is 2.99. The third kappa shape index (κ3) is 2.96. The van der Waals surface area contributed by atoms with Crippen molar-refractivity contribution in [2.75, 3.05) is 0 Å². The van der Waals surface area contributed by atoms with Crippen molar-refractivity contribution in [2.45, 2.75) is 32.1 Å². The van der Waals surface area contributed by atoms with Crippen LogP contribution in [0.4, 0.5) is 0 Å². The molecule has 0 spiro atoms. The Morgan fingerprint density at radius 1 is 0.647 bits per heavy atom. The summed E-state index contributed by atoms with van der Waals surface area (Å²) in [6.07, 6.45) is 2.44. The van der Waals surface area contributed by atoms with Gasteiger partial charge in [0.15, 0.2) is 0 Å². The van der Waals surface area contributed by atoms with Crippen LogP contribution >= 0.6 is 0 Å². The molecule has 4 heteroatoms. The molecule has 0 aromatic rings. The molecular weight excluding hydrogens is 212 g/mol. The molecule has 0 aliphatic heterocycles. The maximum Gasteiger partial charge on any atom is 0.0624 e. The van der Waals surface area contributed by atoms with Crippen LogP contribution in [-0.4, -0.2) is 0 Å². The van der Waals surface area contributed by atoms with Crippen molar-refractivity contribution in [3.8, 4) is 24.3 Å². The first-order chi connectivity index (χ1) is 8.28. The van der Waals surface area contributed by atoms with Crippen LogP contribution in [0.25, 0.3) is 0 Å². The highest BCUT2D eigenvalue weighted by molar-refractivity contribution is 5.01. The lowest BCUT2D eigenvalue weighted by molar-refractivity contribution is 0.294. The Hall–Kier alpha value is -2.04. The van der Waals surface area contributed by atoms with Crippen LogP contribution in [-0.2, 0) is 0 Å². The number of rotatable bonds is 4. The quantitative estimate of drug-likeness (QED) is 0.735. The van der Waals surface area contributed by atoms with Crippen molar-refractivity contribution in [1.82, 2.24) is 0 Å². The second-order valence-corrected chi connectivity index (χ2v) is 4.53. The topological polar surface area (TPSA) is 95.2 Å². The Balaban J connectivity index is 2.85. The number of hydrogen-bond donors (Lipinski definition) is 0. The summed E-state index contributed by atoms with van der Waals surface area (Å²) in [5.74, 6) is 0.572. The predicted octanol–water partition coefficient (Wildman–Crippen LogP) is 2.51. The molecular formula is C13H14N4. The second kappa shape index (κ2) is 6.52. The summed E-state index contributed by atoms with van der Waals surface area (Å²) < 4.78 is 0. The van der Waals surface area contributed by atoms with Crippen LogP contribution in [0.2, 0.25) is 0 Å². The molecule has 0 bridgehead atoms. The van der Waals surface area contributed by atoms with Crippen LogP contribution in [0.15, 0.2) is 0 Å². The predicted molar refractivity (Wildman–Crippen MR) is 59.5 cm³/mol. The van der Waals surface area contributed by atoms with Gasteiger partial charge in [-0.05, 0) is 30.1 Å². The van der Waals surface area contributed by atoms with Crippen molar-refractivity contribution in [3.63, 3.8) is 0 Å². The van der Waals surface area contributed by atoms with Crippen molar-refractivity contribution in [1.29, 1.82) is 21.0 Å². The molecule has 1 saturated carbocycles. The maximum atomic E-state index is 8.83. The molecule has 1 aliphatic carbocycles. The number of hydrogen-bond acceptors (Lipinski definition) is 4. The molecule has 0 heterocycles. The molecule has 1 rings (SSSR count). The smallest absolute Gasteiger partial charge is 0.0624 e. The van der Waals surface area contributed by atoms with E-state index in [1.165, 1.54) is 0 Å². The molecule has 86 valence electrons. The lowest BCUT2D eigenvalue weighted by Gasteiger charge is -2.20. The molecule has 0 aromatic carbocycles. The zero-order valence-corrected chi connectivity index (χ0v) is 9.63. The summed E-state index contributed by atoms with van der Waals surface area (Å²) in [5, 5.41) is 35.2. The van der Waals surface area contributed by atoms with E-state index in [1.807, 2.05) is 0 Å². The van der Waals surface area contributed by atoms with Crippen molar-refractivity contribution < 1.29 is 0 Å². The summed E-state index contributed by atoms with van der Waals surface area (Å²) in [5.41, 5.74) is 0. The van der Waals surface area contributed by atoms with E-state index in [0.717, 1.165) is 6.42 Å². The molecule has 1 aliphatic rings. The summed E-state index contributed by atoms with van der Waals surface area (Å²) in [6.45, 7) is 0. The van der Waals surface area contributed by atoms with Crippen molar-refractivity contribution >= 4 is 0 Å². The first kappa shape index (κ1) is 13.0. The molecule has 0 N–H and O–H groups in total. The van der Waals surface area contributed by atoms with Gasteiger partial charge in [0.25, 0.3) is 0 Å². The summed E-state index contributed by atoms with van der Waals surface area (Å²) in [4.78, 5) is 0. The Labute approximate surface area is 102 Å². The zero-order valence-electron chi connectivity index (χ0n) is 9.63. The standard InChI is InChI=1S/C13H14N4/c14-5-1-10-9-11(2-6-15)13(4-8-17)12(10)3-7-16/h10-13H,1-4,9H2. The number of nitriles is 4. The second-order valence-electron chi connectivity index (χ2n) is 4.53. The van der Waals surface area contributed by atoms with Gasteiger partial charge in [-0.25, -0.2) is 0 Å². The van der Waals surface area contributed by atoms with Gasteiger partial charge in [-0.15, -0.1) is 0 Å². The van der Waals surface area contributed by atoms with Crippen LogP contribution in [0.5, 0.6) is 0 Å². The van der Waals surface area contributed by atoms with E-state index in [0.29, 0.717) is 25.7 Å². The molecule has 4 nitrogen and oxygen atoms in total. The highest BCUT2D eigenvalue weighted by Gasteiger charge is 2.42. The third-order valence-corrected chi connectivity index (χ3v) is 3.73.